The minimum absolute atomic E-state index is 0.308. The van der Waals surface area contributed by atoms with Gasteiger partial charge in [0.2, 0.25) is 5.79 Å². The molecule has 0 radical (unpaired) electrons. The van der Waals surface area contributed by atoms with Crippen LogP contribution in [0.4, 0.5) is 0 Å². The summed E-state index contributed by atoms with van der Waals surface area (Å²) in [4.78, 5) is 0. The third-order valence-corrected chi connectivity index (χ3v) is 10.0. The summed E-state index contributed by atoms with van der Waals surface area (Å²) in [5.41, 5.74) is 8.39. The molecular weight excluding hydrogens is 624 g/mol. The molecule has 0 amide bonds. The van der Waals surface area contributed by atoms with Gasteiger partial charge >= 0.3 is 0 Å². The highest BCUT2D eigenvalue weighted by atomic mass is 16.7. The van der Waals surface area contributed by atoms with Crippen molar-refractivity contribution in [1.82, 2.24) is 0 Å². The Morgan fingerprint density at radius 1 is 0.700 bits per heavy atom. The Labute approximate surface area is 303 Å². The van der Waals surface area contributed by atoms with Crippen LogP contribution in [0.25, 0.3) is 11.1 Å². The molecule has 1 N–H and O–H groups in total. The number of hydrogen-bond acceptors (Lipinski definition) is 6. The topological polar surface area (TPSA) is 66.4 Å². The fraction of sp³-hybridized carbons (Fsp3) is 0.636. The second-order valence-electron chi connectivity index (χ2n) is 14.4. The van der Waals surface area contributed by atoms with E-state index in [0.29, 0.717) is 44.5 Å². The standard InChI is InChI=1S/C44H66O6/c1-8-13-23-46-31-40-41(47-24-14-9-2)42(48-25-15-10-3)43(49-26-16-11-4)44(45,50-40)37-21-17-19-33(28-37)27-36-29-34(12-5)38-22-18-20-35(32(6)7)30-39(36)38/h17-22,28-30,32,40-43,45H,8-16,23-27,31H2,1-7H3/t40-,41-,42+,43-,44?/m1/s1. The molecule has 0 saturated carbocycles. The van der Waals surface area contributed by atoms with Gasteiger partial charge in [0, 0.05) is 32.0 Å². The Balaban J connectivity index is 1.76. The lowest BCUT2D eigenvalue weighted by Gasteiger charge is -2.50. The Morgan fingerprint density at radius 3 is 2.00 bits per heavy atom. The van der Waals surface area contributed by atoms with Crippen molar-refractivity contribution in [2.24, 2.45) is 0 Å². The monoisotopic (exact) mass is 690 g/mol. The van der Waals surface area contributed by atoms with Crippen molar-refractivity contribution in [2.45, 2.75) is 149 Å². The predicted octanol–water partition coefficient (Wildman–Crippen LogP) is 9.98. The van der Waals surface area contributed by atoms with Crippen LogP contribution in [0.15, 0.2) is 54.6 Å². The Bertz CT molecular complexity index is 1370. The maximum Gasteiger partial charge on any atom is 0.222 e. The smallest absolute Gasteiger partial charge is 0.222 e. The minimum atomic E-state index is -1.76. The van der Waals surface area contributed by atoms with Crippen LogP contribution in [0.5, 0.6) is 0 Å². The highest BCUT2D eigenvalue weighted by Crippen LogP contribution is 2.42. The predicted molar refractivity (Wildman–Crippen MR) is 204 cm³/mol. The van der Waals surface area contributed by atoms with Gasteiger partial charge in [0.1, 0.15) is 24.4 Å². The Morgan fingerprint density at radius 2 is 1.34 bits per heavy atom. The van der Waals surface area contributed by atoms with Crippen LogP contribution in [-0.2, 0) is 42.3 Å². The molecular formula is C44H66O6. The van der Waals surface area contributed by atoms with E-state index in [1.54, 1.807) is 0 Å². The largest absolute Gasteiger partial charge is 0.379 e. The summed E-state index contributed by atoms with van der Waals surface area (Å²) in [6.07, 6.45) is 7.19. The molecule has 0 aromatic heterocycles. The number of unbranched alkanes of at least 4 members (excludes halogenated alkanes) is 4. The SMILES string of the molecule is CCCCOC[C@H]1OC(O)(c2cccc(Cc3cc(CC)c4cccc(C(C)C)cc3-4)c2)[C@H](OCCCC)[C@@H](OCCCC)[C@@H]1OCCCC. The van der Waals surface area contributed by atoms with Crippen LogP contribution >= 0.6 is 0 Å². The van der Waals surface area contributed by atoms with Crippen molar-refractivity contribution in [2.75, 3.05) is 33.0 Å². The zero-order chi connectivity index (χ0) is 35.9. The molecule has 0 bridgehead atoms. The fourth-order valence-electron chi connectivity index (χ4n) is 6.92. The van der Waals surface area contributed by atoms with Gasteiger partial charge in [-0.3, -0.25) is 0 Å². The second-order valence-corrected chi connectivity index (χ2v) is 14.4. The lowest BCUT2D eigenvalue weighted by Crippen LogP contribution is -2.66. The van der Waals surface area contributed by atoms with Gasteiger partial charge in [0.05, 0.1) is 6.61 Å². The highest BCUT2D eigenvalue weighted by molar-refractivity contribution is 5.76. The normalized spacial score (nSPS) is 22.5. The van der Waals surface area contributed by atoms with E-state index in [4.69, 9.17) is 23.7 Å². The molecule has 1 heterocycles. The molecule has 5 atom stereocenters. The van der Waals surface area contributed by atoms with E-state index >= 15 is 0 Å². The maximum absolute atomic E-state index is 12.9. The van der Waals surface area contributed by atoms with Crippen LogP contribution in [0.1, 0.15) is 134 Å². The van der Waals surface area contributed by atoms with Gasteiger partial charge in [-0.2, -0.15) is 0 Å². The van der Waals surface area contributed by atoms with Crippen molar-refractivity contribution in [3.05, 3.63) is 82.4 Å². The quantitative estimate of drug-likeness (QED) is 0.106. The molecule has 1 aliphatic heterocycles. The van der Waals surface area contributed by atoms with E-state index in [0.717, 1.165) is 69.8 Å². The number of aryl methyl sites for hydroxylation is 1. The first-order valence-corrected chi connectivity index (χ1v) is 19.8. The van der Waals surface area contributed by atoms with Gasteiger partial charge in [-0.05, 0) is 83.9 Å². The fourth-order valence-corrected chi connectivity index (χ4v) is 6.92. The molecule has 50 heavy (non-hydrogen) atoms. The van der Waals surface area contributed by atoms with Crippen LogP contribution in [0.2, 0.25) is 0 Å². The van der Waals surface area contributed by atoms with Gasteiger partial charge in [-0.1, -0.05) is 123 Å². The third-order valence-electron chi connectivity index (χ3n) is 10.0. The van der Waals surface area contributed by atoms with E-state index in [9.17, 15) is 5.11 Å². The van der Waals surface area contributed by atoms with E-state index in [2.05, 4.69) is 90.9 Å². The van der Waals surface area contributed by atoms with Crippen LogP contribution in [-0.4, -0.2) is 62.6 Å². The molecule has 6 nitrogen and oxygen atoms in total. The van der Waals surface area contributed by atoms with Gasteiger partial charge in [-0.25, -0.2) is 0 Å². The highest BCUT2D eigenvalue weighted by Gasteiger charge is 2.57. The van der Waals surface area contributed by atoms with E-state index < -0.39 is 30.2 Å². The summed E-state index contributed by atoms with van der Waals surface area (Å²) in [7, 11) is 0. The molecule has 1 aromatic rings. The first kappa shape index (κ1) is 40.5. The molecule has 6 heteroatoms. The molecule has 1 saturated heterocycles. The summed E-state index contributed by atoms with van der Waals surface area (Å²) in [6, 6.07) is 19.7. The van der Waals surface area contributed by atoms with Crippen LogP contribution in [0, 0.1) is 0 Å². The van der Waals surface area contributed by atoms with E-state index in [-0.39, 0.29) is 0 Å². The van der Waals surface area contributed by atoms with Crippen molar-refractivity contribution in [3.63, 3.8) is 0 Å². The van der Waals surface area contributed by atoms with Gasteiger partial charge < -0.3 is 28.8 Å². The Kier molecular flexibility index (Phi) is 16.7. The van der Waals surface area contributed by atoms with Gasteiger partial charge in [0.15, 0.2) is 0 Å². The van der Waals surface area contributed by atoms with Gasteiger partial charge in [0.25, 0.3) is 0 Å². The molecule has 0 spiro atoms. The maximum atomic E-state index is 12.9. The number of ether oxygens (including phenoxy) is 5. The van der Waals surface area contributed by atoms with Gasteiger partial charge in [-0.15, -0.1) is 0 Å². The Hall–Kier alpha value is -2.32. The lowest BCUT2D eigenvalue weighted by molar-refractivity contribution is -0.375. The lowest BCUT2D eigenvalue weighted by atomic mass is 9.86. The van der Waals surface area contributed by atoms with Crippen molar-refractivity contribution in [3.8, 4) is 11.1 Å². The van der Waals surface area contributed by atoms with E-state index in [1.165, 1.54) is 27.8 Å². The molecule has 3 aliphatic rings. The number of aliphatic hydroxyl groups is 1. The van der Waals surface area contributed by atoms with Crippen molar-refractivity contribution < 1.29 is 28.8 Å². The number of fused-ring (bicyclic) bond motifs is 1. The average molecular weight is 691 g/mol. The molecule has 1 aromatic carbocycles. The zero-order valence-corrected chi connectivity index (χ0v) is 32.2. The summed E-state index contributed by atoms with van der Waals surface area (Å²) >= 11 is 0. The molecule has 1 unspecified atom stereocenters. The summed E-state index contributed by atoms with van der Waals surface area (Å²) in [5, 5.41) is 12.9. The number of rotatable bonds is 22. The molecule has 4 rings (SSSR count). The number of benzene rings is 1. The second kappa shape index (κ2) is 20.7. The summed E-state index contributed by atoms with van der Waals surface area (Å²) in [5.74, 6) is -1.32. The average Bonchev–Trinajstić information content (AvgIpc) is 3.27. The minimum Gasteiger partial charge on any atom is -0.379 e. The summed E-state index contributed by atoms with van der Waals surface area (Å²) in [6.45, 7) is 17.9. The third kappa shape index (κ3) is 10.4. The van der Waals surface area contributed by atoms with Crippen molar-refractivity contribution >= 4 is 0 Å². The number of hydrogen-bond donors (Lipinski definition) is 1. The first-order valence-electron chi connectivity index (χ1n) is 19.8. The molecule has 1 fully saturated rings. The molecule has 2 aliphatic carbocycles. The zero-order valence-electron chi connectivity index (χ0n) is 32.2. The summed E-state index contributed by atoms with van der Waals surface area (Å²) < 4.78 is 32.8. The van der Waals surface area contributed by atoms with Crippen molar-refractivity contribution in [1.29, 1.82) is 0 Å². The van der Waals surface area contributed by atoms with E-state index in [1.807, 2.05) is 12.1 Å². The molecule has 278 valence electrons. The van der Waals surface area contributed by atoms with Crippen LogP contribution < -0.4 is 0 Å². The van der Waals surface area contributed by atoms with Crippen LogP contribution in [0.3, 0.4) is 0 Å². The first-order chi connectivity index (χ1) is 24.3.